The minimum absolute atomic E-state index is 0.0956. The molecule has 4 atom stereocenters. The van der Waals surface area contributed by atoms with E-state index in [0.29, 0.717) is 18.5 Å². The molecule has 4 unspecified atom stereocenters. The predicted molar refractivity (Wildman–Crippen MR) is 64.8 cm³/mol. The first-order valence-electron chi connectivity index (χ1n) is 6.40. The maximum Gasteiger partial charge on any atom is 0.115 e. The Hall–Kier alpha value is -1.09. The second-order valence-electron chi connectivity index (χ2n) is 5.33. The highest BCUT2D eigenvalue weighted by Crippen LogP contribution is 2.35. The molecule has 2 fully saturated rings. The van der Waals surface area contributed by atoms with Crippen LogP contribution in [0.1, 0.15) is 24.8 Å². The molecule has 0 saturated carbocycles. The lowest BCUT2D eigenvalue weighted by molar-refractivity contribution is 0.136. The maximum absolute atomic E-state index is 14.1. The summed E-state index contributed by atoms with van der Waals surface area (Å²) < 4.78 is 14.1. The number of phenolic OH excluding ortho intramolecular Hbond substituents is 1. The molecule has 0 spiro atoms. The minimum atomic E-state index is -0.678. The quantitative estimate of drug-likeness (QED) is 0.825. The summed E-state index contributed by atoms with van der Waals surface area (Å²) >= 11 is 0. The number of fused-ring (bicyclic) bond motifs is 2. The van der Waals surface area contributed by atoms with Crippen molar-refractivity contribution in [3.63, 3.8) is 0 Å². The second-order valence-corrected chi connectivity index (χ2v) is 5.33. The summed E-state index contributed by atoms with van der Waals surface area (Å²) in [6, 6.07) is 7.89. The van der Waals surface area contributed by atoms with Gasteiger partial charge >= 0.3 is 0 Å². The molecule has 17 heavy (non-hydrogen) atoms. The highest BCUT2D eigenvalue weighted by atomic mass is 19.1. The van der Waals surface area contributed by atoms with E-state index in [1.165, 1.54) is 0 Å². The van der Waals surface area contributed by atoms with Crippen LogP contribution in [0.25, 0.3) is 0 Å². The smallest absolute Gasteiger partial charge is 0.115 e. The van der Waals surface area contributed by atoms with E-state index in [2.05, 4.69) is 5.32 Å². The topological polar surface area (TPSA) is 32.3 Å². The zero-order valence-electron chi connectivity index (χ0n) is 9.77. The van der Waals surface area contributed by atoms with E-state index in [0.717, 1.165) is 24.8 Å². The lowest BCUT2D eigenvalue weighted by atomic mass is 9.85. The minimum Gasteiger partial charge on any atom is -0.508 e. The molecular weight excluding hydrogens is 217 g/mol. The van der Waals surface area contributed by atoms with Crippen LogP contribution in [0.4, 0.5) is 4.39 Å². The Balaban J connectivity index is 1.73. The van der Waals surface area contributed by atoms with Gasteiger partial charge in [0.2, 0.25) is 0 Å². The third kappa shape index (κ3) is 2.16. The number of rotatable bonds is 2. The molecule has 2 bridgehead atoms. The summed E-state index contributed by atoms with van der Waals surface area (Å²) in [6.45, 7) is 0. The zero-order valence-corrected chi connectivity index (χ0v) is 9.77. The molecule has 2 saturated heterocycles. The number of halogens is 1. The van der Waals surface area contributed by atoms with E-state index in [-0.39, 0.29) is 11.7 Å². The van der Waals surface area contributed by atoms with Crippen molar-refractivity contribution < 1.29 is 9.50 Å². The van der Waals surface area contributed by atoms with Gasteiger partial charge < -0.3 is 10.4 Å². The van der Waals surface area contributed by atoms with Crippen LogP contribution in [0.3, 0.4) is 0 Å². The molecular formula is C14H18FNO. The van der Waals surface area contributed by atoms with Crippen LogP contribution in [0.15, 0.2) is 24.3 Å². The van der Waals surface area contributed by atoms with Crippen LogP contribution in [0, 0.1) is 5.92 Å². The summed E-state index contributed by atoms with van der Waals surface area (Å²) in [5.41, 5.74) is 1.11. The monoisotopic (exact) mass is 235 g/mol. The van der Waals surface area contributed by atoms with E-state index in [9.17, 15) is 9.50 Å². The van der Waals surface area contributed by atoms with E-state index >= 15 is 0 Å². The van der Waals surface area contributed by atoms with Gasteiger partial charge in [0.05, 0.1) is 0 Å². The third-order valence-electron chi connectivity index (χ3n) is 4.17. The molecule has 3 heteroatoms. The molecule has 0 amide bonds. The van der Waals surface area contributed by atoms with Gasteiger partial charge in [0, 0.05) is 18.0 Å². The Bertz CT molecular complexity index is 392. The summed E-state index contributed by atoms with van der Waals surface area (Å²) in [6.07, 6.45) is 2.98. The van der Waals surface area contributed by atoms with Crippen LogP contribution >= 0.6 is 0 Å². The van der Waals surface area contributed by atoms with Gasteiger partial charge in [-0.3, -0.25) is 0 Å². The van der Waals surface area contributed by atoms with Crippen LogP contribution in [-0.2, 0) is 6.42 Å². The number of phenols is 1. The van der Waals surface area contributed by atoms with Crippen molar-refractivity contribution in [3.8, 4) is 5.75 Å². The zero-order chi connectivity index (χ0) is 11.8. The first kappa shape index (κ1) is 11.0. The molecule has 1 aromatic carbocycles. The number of benzene rings is 1. The number of piperidine rings is 1. The normalized spacial score (nSPS) is 36.1. The van der Waals surface area contributed by atoms with Crippen molar-refractivity contribution in [3.05, 3.63) is 29.8 Å². The Morgan fingerprint density at radius 2 is 2.00 bits per heavy atom. The number of hydrogen-bond acceptors (Lipinski definition) is 2. The fourth-order valence-electron chi connectivity index (χ4n) is 3.25. The third-order valence-corrected chi connectivity index (χ3v) is 4.17. The summed E-state index contributed by atoms with van der Waals surface area (Å²) in [5, 5.41) is 12.7. The number of hydrogen-bond donors (Lipinski definition) is 2. The van der Waals surface area contributed by atoms with Gasteiger partial charge in [0.1, 0.15) is 11.9 Å². The molecule has 0 radical (unpaired) electrons. The maximum atomic E-state index is 14.1. The van der Waals surface area contributed by atoms with Crippen molar-refractivity contribution in [2.24, 2.45) is 5.92 Å². The SMILES string of the molecule is Oc1ccc(CC2C(F)CC3CCC2N3)cc1. The van der Waals surface area contributed by atoms with Crippen LogP contribution in [0.2, 0.25) is 0 Å². The van der Waals surface area contributed by atoms with Crippen LogP contribution in [0.5, 0.6) is 5.75 Å². The van der Waals surface area contributed by atoms with Gasteiger partial charge in [-0.25, -0.2) is 4.39 Å². The summed E-state index contributed by atoms with van der Waals surface area (Å²) in [5.74, 6) is 0.367. The molecule has 0 aliphatic carbocycles. The highest BCUT2D eigenvalue weighted by molar-refractivity contribution is 5.26. The Morgan fingerprint density at radius 3 is 2.76 bits per heavy atom. The van der Waals surface area contributed by atoms with E-state index in [1.54, 1.807) is 12.1 Å². The molecule has 1 aromatic rings. The second kappa shape index (κ2) is 4.30. The first-order valence-corrected chi connectivity index (χ1v) is 6.40. The largest absolute Gasteiger partial charge is 0.508 e. The number of alkyl halides is 1. The molecule has 2 N–H and O–H groups in total. The predicted octanol–water partition coefficient (Wildman–Crippen LogP) is 2.41. The molecule has 92 valence electrons. The Labute approximate surface area is 101 Å². The standard InChI is InChI=1S/C14H18FNO/c15-13-8-10-3-6-14(16-10)12(13)7-9-1-4-11(17)5-2-9/h1-2,4-5,10,12-14,16-17H,3,6-8H2. The number of nitrogens with one attached hydrogen (secondary N) is 1. The van der Waals surface area contributed by atoms with Gasteiger partial charge in [0.25, 0.3) is 0 Å². The van der Waals surface area contributed by atoms with Gasteiger partial charge in [-0.15, -0.1) is 0 Å². The Morgan fingerprint density at radius 1 is 1.24 bits per heavy atom. The van der Waals surface area contributed by atoms with Gasteiger partial charge in [0.15, 0.2) is 0 Å². The summed E-state index contributed by atoms with van der Waals surface area (Å²) in [7, 11) is 0. The average Bonchev–Trinajstić information content (AvgIpc) is 2.71. The van der Waals surface area contributed by atoms with Crippen LogP contribution in [-0.4, -0.2) is 23.4 Å². The van der Waals surface area contributed by atoms with Crippen LogP contribution < -0.4 is 5.32 Å². The lowest BCUT2D eigenvalue weighted by Gasteiger charge is -2.33. The summed E-state index contributed by atoms with van der Waals surface area (Å²) in [4.78, 5) is 0. The highest BCUT2D eigenvalue weighted by Gasteiger charge is 2.41. The van der Waals surface area contributed by atoms with Crippen molar-refractivity contribution in [2.45, 2.75) is 43.9 Å². The van der Waals surface area contributed by atoms with Crippen molar-refractivity contribution in [1.82, 2.24) is 5.32 Å². The Kier molecular flexibility index (Phi) is 2.79. The van der Waals surface area contributed by atoms with Gasteiger partial charge in [-0.05, 0) is 43.4 Å². The fourth-order valence-corrected chi connectivity index (χ4v) is 3.25. The van der Waals surface area contributed by atoms with E-state index < -0.39 is 6.17 Å². The van der Waals surface area contributed by atoms with Gasteiger partial charge in [-0.1, -0.05) is 12.1 Å². The average molecular weight is 235 g/mol. The van der Waals surface area contributed by atoms with Crippen molar-refractivity contribution in [1.29, 1.82) is 0 Å². The molecule has 2 aliphatic rings. The molecule has 0 aromatic heterocycles. The fraction of sp³-hybridized carbons (Fsp3) is 0.571. The van der Waals surface area contributed by atoms with Gasteiger partial charge in [-0.2, -0.15) is 0 Å². The molecule has 2 heterocycles. The molecule has 3 rings (SSSR count). The molecule has 2 nitrogen and oxygen atoms in total. The number of aromatic hydroxyl groups is 1. The lowest BCUT2D eigenvalue weighted by Crippen LogP contribution is -2.47. The van der Waals surface area contributed by atoms with E-state index in [1.807, 2.05) is 12.1 Å². The van der Waals surface area contributed by atoms with E-state index in [4.69, 9.17) is 0 Å². The van der Waals surface area contributed by atoms with Crippen molar-refractivity contribution in [2.75, 3.05) is 0 Å². The van der Waals surface area contributed by atoms with Crippen molar-refractivity contribution >= 4 is 0 Å². The first-order chi connectivity index (χ1) is 8.22. The molecule has 2 aliphatic heterocycles.